The van der Waals surface area contributed by atoms with Gasteiger partial charge in [0, 0.05) is 11.3 Å². The van der Waals surface area contributed by atoms with Crippen LogP contribution in [-0.2, 0) is 19.1 Å². The lowest BCUT2D eigenvalue weighted by Crippen LogP contribution is -2.23. The number of carbonyl (C=O) groups is 2. The SMILES string of the molecule is C=C(CC(=O)OC1CCCCC1)C(=O)OC(C)CSC. The molecule has 0 bridgehead atoms. The van der Waals surface area contributed by atoms with Crippen molar-refractivity contribution in [3.8, 4) is 0 Å². The Morgan fingerprint density at radius 1 is 1.30 bits per heavy atom. The van der Waals surface area contributed by atoms with Crippen molar-refractivity contribution in [2.24, 2.45) is 0 Å². The third-order valence-electron chi connectivity index (χ3n) is 3.21. The summed E-state index contributed by atoms with van der Waals surface area (Å²) in [5, 5.41) is 0. The van der Waals surface area contributed by atoms with Gasteiger partial charge in [-0.2, -0.15) is 11.8 Å². The molecular weight excluding hydrogens is 276 g/mol. The van der Waals surface area contributed by atoms with E-state index in [1.54, 1.807) is 11.8 Å². The van der Waals surface area contributed by atoms with Crippen LogP contribution in [0.3, 0.4) is 0 Å². The molecule has 1 atom stereocenters. The van der Waals surface area contributed by atoms with Crippen LogP contribution in [0.2, 0.25) is 0 Å². The van der Waals surface area contributed by atoms with E-state index in [-0.39, 0.29) is 30.2 Å². The predicted octanol–water partition coefficient (Wildman–Crippen LogP) is 3.10. The van der Waals surface area contributed by atoms with E-state index in [0.29, 0.717) is 0 Å². The van der Waals surface area contributed by atoms with Crippen LogP contribution in [0.5, 0.6) is 0 Å². The molecule has 0 aromatic carbocycles. The van der Waals surface area contributed by atoms with Crippen LogP contribution in [0.15, 0.2) is 12.2 Å². The summed E-state index contributed by atoms with van der Waals surface area (Å²) in [5.74, 6) is -0.158. The lowest BCUT2D eigenvalue weighted by Gasteiger charge is -2.22. The van der Waals surface area contributed by atoms with E-state index in [9.17, 15) is 9.59 Å². The Balaban J connectivity index is 2.29. The molecule has 0 saturated heterocycles. The largest absolute Gasteiger partial charge is 0.462 e. The molecule has 20 heavy (non-hydrogen) atoms. The molecule has 1 aliphatic rings. The molecule has 0 aliphatic heterocycles. The minimum Gasteiger partial charge on any atom is -0.462 e. The van der Waals surface area contributed by atoms with Crippen LogP contribution < -0.4 is 0 Å². The van der Waals surface area contributed by atoms with E-state index < -0.39 is 5.97 Å². The van der Waals surface area contributed by atoms with Gasteiger partial charge in [-0.1, -0.05) is 13.0 Å². The Kier molecular flexibility index (Phi) is 7.73. The van der Waals surface area contributed by atoms with E-state index in [1.165, 1.54) is 6.42 Å². The Morgan fingerprint density at radius 3 is 2.55 bits per heavy atom. The quantitative estimate of drug-likeness (QED) is 0.534. The molecule has 0 heterocycles. The molecular formula is C15H24O4S. The van der Waals surface area contributed by atoms with E-state index >= 15 is 0 Å². The molecule has 0 spiro atoms. The molecule has 1 saturated carbocycles. The van der Waals surface area contributed by atoms with Crippen molar-refractivity contribution in [3.05, 3.63) is 12.2 Å². The summed E-state index contributed by atoms with van der Waals surface area (Å²) < 4.78 is 10.5. The van der Waals surface area contributed by atoms with Crippen molar-refractivity contribution in [2.75, 3.05) is 12.0 Å². The Morgan fingerprint density at radius 2 is 1.95 bits per heavy atom. The minimum absolute atomic E-state index is 0.00971. The van der Waals surface area contributed by atoms with Gasteiger partial charge in [0.2, 0.25) is 0 Å². The van der Waals surface area contributed by atoms with Crippen LogP contribution in [0.1, 0.15) is 45.4 Å². The third kappa shape index (κ3) is 6.46. The van der Waals surface area contributed by atoms with E-state index in [2.05, 4.69) is 6.58 Å². The van der Waals surface area contributed by atoms with Crippen LogP contribution in [-0.4, -0.2) is 36.2 Å². The number of thioether (sulfide) groups is 1. The molecule has 4 nitrogen and oxygen atoms in total. The standard InChI is InChI=1S/C15H24O4S/c1-11(15(17)18-12(2)10-20-3)9-14(16)19-13-7-5-4-6-8-13/h12-13H,1,4-10H2,2-3H3. The molecule has 0 radical (unpaired) electrons. The summed E-state index contributed by atoms with van der Waals surface area (Å²) in [6.45, 7) is 5.44. The summed E-state index contributed by atoms with van der Waals surface area (Å²) in [6, 6.07) is 0. The smallest absolute Gasteiger partial charge is 0.334 e. The highest BCUT2D eigenvalue weighted by molar-refractivity contribution is 7.98. The van der Waals surface area contributed by atoms with Crippen LogP contribution in [0.25, 0.3) is 0 Å². The second-order valence-electron chi connectivity index (χ2n) is 5.20. The summed E-state index contributed by atoms with van der Waals surface area (Å²) in [4.78, 5) is 23.5. The Hall–Kier alpha value is -0.970. The van der Waals surface area contributed by atoms with Gasteiger partial charge in [-0.15, -0.1) is 0 Å². The highest BCUT2D eigenvalue weighted by Gasteiger charge is 2.21. The second kappa shape index (κ2) is 9.06. The Bertz CT molecular complexity index is 348. The molecule has 114 valence electrons. The number of carbonyl (C=O) groups excluding carboxylic acids is 2. The normalized spacial score (nSPS) is 17.3. The molecule has 1 rings (SSSR count). The predicted molar refractivity (Wildman–Crippen MR) is 80.7 cm³/mol. The summed E-state index contributed by atoms with van der Waals surface area (Å²) in [7, 11) is 0. The summed E-state index contributed by atoms with van der Waals surface area (Å²) in [6.07, 6.45) is 6.96. The number of rotatable bonds is 7. The number of ether oxygens (including phenoxy) is 2. The van der Waals surface area contributed by atoms with Crippen molar-refractivity contribution in [1.82, 2.24) is 0 Å². The molecule has 5 heteroatoms. The third-order valence-corrected chi connectivity index (χ3v) is 4.01. The molecule has 1 unspecified atom stereocenters. The highest BCUT2D eigenvalue weighted by Crippen LogP contribution is 2.21. The van der Waals surface area contributed by atoms with Crippen LogP contribution in [0, 0.1) is 0 Å². The zero-order valence-electron chi connectivity index (χ0n) is 12.4. The van der Waals surface area contributed by atoms with Gasteiger partial charge in [0.25, 0.3) is 0 Å². The van der Waals surface area contributed by atoms with Gasteiger partial charge < -0.3 is 9.47 Å². The molecule has 0 aromatic rings. The van der Waals surface area contributed by atoms with E-state index in [0.717, 1.165) is 31.4 Å². The van der Waals surface area contributed by atoms with Gasteiger partial charge in [-0.05, 0) is 38.9 Å². The van der Waals surface area contributed by atoms with E-state index in [1.807, 2.05) is 13.2 Å². The van der Waals surface area contributed by atoms with Gasteiger partial charge in [0.15, 0.2) is 0 Å². The number of hydrogen-bond acceptors (Lipinski definition) is 5. The van der Waals surface area contributed by atoms with Gasteiger partial charge in [-0.25, -0.2) is 4.79 Å². The molecule has 1 aliphatic carbocycles. The van der Waals surface area contributed by atoms with Crippen molar-refractivity contribution in [2.45, 2.75) is 57.7 Å². The average Bonchev–Trinajstić information content (AvgIpc) is 2.39. The van der Waals surface area contributed by atoms with E-state index in [4.69, 9.17) is 9.47 Å². The number of hydrogen-bond donors (Lipinski definition) is 0. The maximum Gasteiger partial charge on any atom is 0.334 e. The first-order valence-electron chi connectivity index (χ1n) is 7.10. The van der Waals surface area contributed by atoms with Crippen molar-refractivity contribution < 1.29 is 19.1 Å². The highest BCUT2D eigenvalue weighted by atomic mass is 32.2. The minimum atomic E-state index is -0.507. The lowest BCUT2D eigenvalue weighted by atomic mass is 9.98. The topological polar surface area (TPSA) is 52.6 Å². The first kappa shape index (κ1) is 17.1. The van der Waals surface area contributed by atoms with Crippen molar-refractivity contribution >= 4 is 23.7 Å². The fourth-order valence-corrected chi connectivity index (χ4v) is 2.73. The maximum absolute atomic E-state index is 11.7. The zero-order valence-corrected chi connectivity index (χ0v) is 13.2. The lowest BCUT2D eigenvalue weighted by molar-refractivity contribution is -0.152. The number of esters is 2. The second-order valence-corrected chi connectivity index (χ2v) is 6.11. The van der Waals surface area contributed by atoms with Gasteiger partial charge in [-0.3, -0.25) is 4.79 Å². The Labute approximate surface area is 125 Å². The fraction of sp³-hybridized carbons (Fsp3) is 0.733. The first-order chi connectivity index (χ1) is 9.52. The zero-order chi connectivity index (χ0) is 15.0. The maximum atomic E-state index is 11.7. The molecule has 1 fully saturated rings. The summed E-state index contributed by atoms with van der Waals surface area (Å²) in [5.41, 5.74) is 0.166. The molecule has 0 amide bonds. The van der Waals surface area contributed by atoms with Gasteiger partial charge >= 0.3 is 11.9 Å². The van der Waals surface area contributed by atoms with Crippen molar-refractivity contribution in [1.29, 1.82) is 0 Å². The van der Waals surface area contributed by atoms with Crippen LogP contribution in [0.4, 0.5) is 0 Å². The monoisotopic (exact) mass is 300 g/mol. The van der Waals surface area contributed by atoms with Gasteiger partial charge in [0.1, 0.15) is 12.2 Å². The summed E-state index contributed by atoms with van der Waals surface area (Å²) >= 11 is 1.60. The van der Waals surface area contributed by atoms with Crippen LogP contribution >= 0.6 is 11.8 Å². The molecule has 0 aromatic heterocycles. The van der Waals surface area contributed by atoms with Crippen molar-refractivity contribution in [3.63, 3.8) is 0 Å². The average molecular weight is 300 g/mol. The first-order valence-corrected chi connectivity index (χ1v) is 8.49. The van der Waals surface area contributed by atoms with Gasteiger partial charge in [0.05, 0.1) is 6.42 Å². The fourth-order valence-electron chi connectivity index (χ4n) is 2.19. The molecule has 0 N–H and O–H groups in total.